The van der Waals surface area contributed by atoms with Crippen LogP contribution in [0, 0.1) is 11.8 Å². The Kier molecular flexibility index (Phi) is 5.19. The second kappa shape index (κ2) is 7.86. The number of aromatic nitrogens is 1. The normalized spacial score (nSPS) is 30.6. The molecule has 2 aliphatic heterocycles. The fourth-order valence-corrected chi connectivity index (χ4v) is 5.83. The Balaban J connectivity index is 1.40. The van der Waals surface area contributed by atoms with E-state index in [-0.39, 0.29) is 17.9 Å². The van der Waals surface area contributed by atoms with Crippen molar-refractivity contribution in [2.24, 2.45) is 11.8 Å². The van der Waals surface area contributed by atoms with E-state index in [1.807, 2.05) is 25.1 Å². The van der Waals surface area contributed by atoms with E-state index >= 15 is 0 Å². The van der Waals surface area contributed by atoms with Crippen LogP contribution >= 0.6 is 0 Å². The van der Waals surface area contributed by atoms with Gasteiger partial charge in [-0.3, -0.25) is 9.88 Å². The number of benzene rings is 1. The van der Waals surface area contributed by atoms with Crippen molar-refractivity contribution in [2.75, 3.05) is 19.7 Å². The van der Waals surface area contributed by atoms with Crippen molar-refractivity contribution in [3.8, 4) is 11.5 Å². The van der Waals surface area contributed by atoms with Gasteiger partial charge in [0.1, 0.15) is 23.2 Å². The number of piperidine rings is 1. The van der Waals surface area contributed by atoms with Crippen LogP contribution in [0.5, 0.6) is 11.5 Å². The number of hydrogen-bond acceptors (Lipinski definition) is 5. The number of ether oxygens (including phenoxy) is 2. The van der Waals surface area contributed by atoms with Gasteiger partial charge in [-0.05, 0) is 51.0 Å². The van der Waals surface area contributed by atoms with E-state index < -0.39 is 5.60 Å². The quantitative estimate of drug-likeness (QED) is 0.813. The van der Waals surface area contributed by atoms with Gasteiger partial charge in [-0.2, -0.15) is 0 Å². The van der Waals surface area contributed by atoms with Crippen LogP contribution in [0.2, 0.25) is 0 Å². The molecule has 3 aliphatic rings. The Morgan fingerprint density at radius 2 is 2.03 bits per heavy atom. The first-order chi connectivity index (χ1) is 14.6. The van der Waals surface area contributed by atoms with Crippen LogP contribution in [-0.4, -0.2) is 40.8 Å². The summed E-state index contributed by atoms with van der Waals surface area (Å²) in [6, 6.07) is 10.3. The van der Waals surface area contributed by atoms with Crippen molar-refractivity contribution >= 4 is 0 Å². The topological polar surface area (TPSA) is 54.8 Å². The van der Waals surface area contributed by atoms with E-state index in [4.69, 9.17) is 9.47 Å². The zero-order chi connectivity index (χ0) is 20.7. The molecule has 1 aromatic heterocycles. The highest BCUT2D eigenvalue weighted by Crippen LogP contribution is 2.49. The molecule has 2 bridgehead atoms. The first kappa shape index (κ1) is 19.8. The lowest BCUT2D eigenvalue weighted by molar-refractivity contribution is -0.151. The van der Waals surface area contributed by atoms with Crippen LogP contribution in [0.15, 0.2) is 36.5 Å². The molecular formula is C25H32N2O3. The van der Waals surface area contributed by atoms with Crippen molar-refractivity contribution in [1.29, 1.82) is 0 Å². The van der Waals surface area contributed by atoms with Gasteiger partial charge < -0.3 is 14.6 Å². The largest absolute Gasteiger partial charge is 0.494 e. The maximum atomic E-state index is 11.8. The van der Waals surface area contributed by atoms with Crippen molar-refractivity contribution in [2.45, 2.75) is 57.8 Å². The molecule has 5 rings (SSSR count). The predicted molar refractivity (Wildman–Crippen MR) is 116 cm³/mol. The summed E-state index contributed by atoms with van der Waals surface area (Å²) in [4.78, 5) is 7.04. The highest BCUT2D eigenvalue weighted by molar-refractivity contribution is 5.48. The summed E-state index contributed by atoms with van der Waals surface area (Å²) in [5, 5.41) is 11.8. The summed E-state index contributed by atoms with van der Waals surface area (Å²) in [5.41, 5.74) is 2.46. The minimum atomic E-state index is -0.810. The summed E-state index contributed by atoms with van der Waals surface area (Å²) in [6.45, 7) is 7.39. The number of pyridine rings is 1. The molecule has 0 amide bonds. The zero-order valence-corrected chi connectivity index (χ0v) is 18.0. The van der Waals surface area contributed by atoms with Gasteiger partial charge in [0, 0.05) is 55.2 Å². The van der Waals surface area contributed by atoms with Crippen LogP contribution in [0.25, 0.3) is 0 Å². The van der Waals surface area contributed by atoms with E-state index in [9.17, 15) is 5.11 Å². The molecule has 2 fully saturated rings. The molecule has 30 heavy (non-hydrogen) atoms. The Morgan fingerprint density at radius 1 is 1.23 bits per heavy atom. The van der Waals surface area contributed by atoms with Crippen molar-refractivity contribution in [3.63, 3.8) is 0 Å². The Labute approximate surface area is 179 Å². The van der Waals surface area contributed by atoms with Gasteiger partial charge in [0.2, 0.25) is 0 Å². The van der Waals surface area contributed by atoms with E-state index in [1.54, 1.807) is 6.20 Å². The van der Waals surface area contributed by atoms with Gasteiger partial charge in [-0.15, -0.1) is 0 Å². The SMILES string of the molecule is CCOc1cc2c(cc1CN1CC3CCCC(C1)C3(O)c1ccccn1)OC(C)C2. The Hall–Kier alpha value is -2.11. The highest BCUT2D eigenvalue weighted by atomic mass is 16.5. The molecule has 0 radical (unpaired) electrons. The van der Waals surface area contributed by atoms with Gasteiger partial charge in [0.15, 0.2) is 0 Å². The second-order valence-electron chi connectivity index (χ2n) is 9.19. The molecule has 160 valence electrons. The van der Waals surface area contributed by atoms with Crippen molar-refractivity contribution in [1.82, 2.24) is 9.88 Å². The number of rotatable bonds is 5. The minimum Gasteiger partial charge on any atom is -0.494 e. The van der Waals surface area contributed by atoms with Gasteiger partial charge in [-0.1, -0.05) is 12.5 Å². The second-order valence-corrected chi connectivity index (χ2v) is 9.19. The molecule has 5 heteroatoms. The lowest BCUT2D eigenvalue weighted by atomic mass is 9.64. The number of likely N-dealkylation sites (tertiary alicyclic amines) is 1. The van der Waals surface area contributed by atoms with E-state index in [1.165, 1.54) is 17.5 Å². The van der Waals surface area contributed by atoms with Gasteiger partial charge in [-0.25, -0.2) is 0 Å². The molecule has 3 unspecified atom stereocenters. The van der Waals surface area contributed by atoms with Gasteiger partial charge in [0.25, 0.3) is 0 Å². The average Bonchev–Trinajstić information content (AvgIpc) is 3.08. The fourth-order valence-electron chi connectivity index (χ4n) is 5.83. The van der Waals surface area contributed by atoms with Gasteiger partial charge >= 0.3 is 0 Å². The molecule has 0 spiro atoms. The van der Waals surface area contributed by atoms with E-state index in [0.717, 1.165) is 56.1 Å². The van der Waals surface area contributed by atoms with Crippen LogP contribution in [0.3, 0.4) is 0 Å². The first-order valence-electron chi connectivity index (χ1n) is 11.4. The molecule has 1 aromatic carbocycles. The summed E-state index contributed by atoms with van der Waals surface area (Å²) in [6.07, 6.45) is 6.25. The highest BCUT2D eigenvalue weighted by Gasteiger charge is 2.52. The molecule has 1 saturated carbocycles. The summed E-state index contributed by atoms with van der Waals surface area (Å²) in [7, 11) is 0. The summed E-state index contributed by atoms with van der Waals surface area (Å²) in [5.74, 6) is 2.40. The van der Waals surface area contributed by atoms with Crippen LogP contribution in [-0.2, 0) is 18.6 Å². The Bertz CT molecular complexity index is 887. The Morgan fingerprint density at radius 3 is 2.73 bits per heavy atom. The zero-order valence-electron chi connectivity index (χ0n) is 18.0. The van der Waals surface area contributed by atoms with Crippen molar-refractivity contribution < 1.29 is 14.6 Å². The summed E-state index contributed by atoms with van der Waals surface area (Å²) < 4.78 is 12.0. The van der Waals surface area contributed by atoms with E-state index in [2.05, 4.69) is 28.9 Å². The molecular weight excluding hydrogens is 376 g/mol. The number of fused-ring (bicyclic) bond motifs is 3. The molecule has 1 N–H and O–H groups in total. The third kappa shape index (κ3) is 3.38. The number of hydrogen-bond donors (Lipinski definition) is 1. The first-order valence-corrected chi connectivity index (χ1v) is 11.4. The number of aliphatic hydroxyl groups is 1. The monoisotopic (exact) mass is 408 g/mol. The number of nitrogens with zero attached hydrogens (tertiary/aromatic N) is 2. The van der Waals surface area contributed by atoms with Crippen LogP contribution in [0.1, 0.15) is 49.9 Å². The third-order valence-corrected chi connectivity index (χ3v) is 7.16. The molecule has 3 atom stereocenters. The van der Waals surface area contributed by atoms with Crippen molar-refractivity contribution in [3.05, 3.63) is 53.3 Å². The minimum absolute atomic E-state index is 0.209. The lowest BCUT2D eigenvalue weighted by Gasteiger charge is -2.52. The molecule has 2 aromatic rings. The average molecular weight is 409 g/mol. The van der Waals surface area contributed by atoms with Gasteiger partial charge in [0.05, 0.1) is 12.3 Å². The maximum Gasteiger partial charge on any atom is 0.124 e. The molecule has 3 heterocycles. The third-order valence-electron chi connectivity index (χ3n) is 7.16. The smallest absolute Gasteiger partial charge is 0.124 e. The molecule has 5 nitrogen and oxygen atoms in total. The fraction of sp³-hybridized carbons (Fsp3) is 0.560. The van der Waals surface area contributed by atoms with Crippen LogP contribution < -0.4 is 9.47 Å². The molecule has 1 aliphatic carbocycles. The standard InChI is InChI=1S/C25H32N2O3/c1-3-29-22-12-18-11-17(2)30-23(18)13-19(22)14-27-15-20-7-6-8-21(16-27)25(20,28)24-9-4-5-10-26-24/h4-5,9-10,12-13,17,20-21,28H,3,6-8,11,14-16H2,1-2H3. The van der Waals surface area contributed by atoms with E-state index in [0.29, 0.717) is 6.61 Å². The predicted octanol–water partition coefficient (Wildman–Crippen LogP) is 3.92. The maximum absolute atomic E-state index is 11.8. The lowest BCUT2D eigenvalue weighted by Crippen LogP contribution is -2.58. The van der Waals surface area contributed by atoms with Crippen LogP contribution in [0.4, 0.5) is 0 Å². The summed E-state index contributed by atoms with van der Waals surface area (Å²) >= 11 is 0. The molecule has 1 saturated heterocycles.